The smallest absolute Gasteiger partial charge is 0.306 e. The maximum Gasteiger partial charge on any atom is 0.306 e. The summed E-state index contributed by atoms with van der Waals surface area (Å²) in [6, 6.07) is 0. The Morgan fingerprint density at radius 1 is 0.261 bits per heavy atom. The number of hydrogen-bond acceptors (Lipinski definition) is 5. The van der Waals surface area contributed by atoms with Crippen LogP contribution >= 0.6 is 0 Å². The molecule has 0 heterocycles. The average Bonchev–Trinajstić information content (AvgIpc) is 3.54. The van der Waals surface area contributed by atoms with Gasteiger partial charge in [-0.05, 0) is 103 Å². The van der Waals surface area contributed by atoms with Crippen molar-refractivity contribution in [2.24, 2.45) is 0 Å². The maximum absolute atomic E-state index is 12.4. The Labute approximate surface area is 547 Å². The van der Waals surface area contributed by atoms with Gasteiger partial charge in [0.25, 0.3) is 0 Å². The molecular weight excluding hydrogens is 1080 g/mol. The lowest BCUT2D eigenvalue weighted by atomic mass is 10.0. The van der Waals surface area contributed by atoms with Gasteiger partial charge in [-0.1, -0.05) is 379 Å². The molecule has 0 spiro atoms. The molecule has 5 nitrogen and oxygen atoms in total. The maximum atomic E-state index is 12.4. The van der Waals surface area contributed by atoms with Gasteiger partial charge in [0.15, 0.2) is 6.10 Å². The third-order valence-electron chi connectivity index (χ3n) is 16.8. The Morgan fingerprint density at radius 2 is 0.455 bits per heavy atom. The molecule has 0 fully saturated rings. The van der Waals surface area contributed by atoms with Crippen molar-refractivity contribution >= 4 is 11.9 Å². The topological polar surface area (TPSA) is 72.8 Å². The van der Waals surface area contributed by atoms with Crippen molar-refractivity contribution in [1.82, 2.24) is 0 Å². The van der Waals surface area contributed by atoms with E-state index in [0.29, 0.717) is 12.8 Å². The highest BCUT2D eigenvalue weighted by Gasteiger charge is 2.16. The van der Waals surface area contributed by atoms with E-state index in [2.05, 4.69) is 135 Å². The quantitative estimate of drug-likeness (QED) is 0.0373. The van der Waals surface area contributed by atoms with Crippen LogP contribution in [0.5, 0.6) is 0 Å². The molecule has 0 aromatic rings. The van der Waals surface area contributed by atoms with Crippen LogP contribution in [0.25, 0.3) is 0 Å². The summed E-state index contributed by atoms with van der Waals surface area (Å²) in [5, 5.41) is 9.72. The third kappa shape index (κ3) is 74.8. The van der Waals surface area contributed by atoms with Gasteiger partial charge in [0.1, 0.15) is 6.61 Å². The van der Waals surface area contributed by atoms with E-state index in [-0.39, 0.29) is 25.2 Å². The SMILES string of the molecule is CC/C=C\C/C=C\C/C=C\C/C=C\C/C=C\CCCCCCCCCCCCCCCCCCCCCCCCCC(=O)OC(CO)COC(=O)CCCCCCCCCCCCCCCCCCCCC/C=C\C/C=C\C/C=C\C/C=C\C/C=C\CC. The number of ether oxygens (including phenoxy) is 2. The second-order valence-corrected chi connectivity index (χ2v) is 25.3. The van der Waals surface area contributed by atoms with Crippen LogP contribution < -0.4 is 0 Å². The number of allylic oxidation sites excluding steroid dienone is 20. The van der Waals surface area contributed by atoms with Gasteiger partial charge >= 0.3 is 11.9 Å². The van der Waals surface area contributed by atoms with Crippen molar-refractivity contribution in [1.29, 1.82) is 0 Å². The van der Waals surface area contributed by atoms with Crippen LogP contribution in [0.15, 0.2) is 122 Å². The molecule has 1 N–H and O–H groups in total. The third-order valence-corrected chi connectivity index (χ3v) is 16.8. The van der Waals surface area contributed by atoms with Gasteiger partial charge in [0.05, 0.1) is 6.61 Å². The largest absolute Gasteiger partial charge is 0.462 e. The monoisotopic (exact) mass is 1220 g/mol. The summed E-state index contributed by atoms with van der Waals surface area (Å²) in [4.78, 5) is 24.7. The number of carbonyl (C=O) groups excluding carboxylic acids is 2. The summed E-state index contributed by atoms with van der Waals surface area (Å²) < 4.78 is 10.8. The molecule has 1 unspecified atom stereocenters. The van der Waals surface area contributed by atoms with E-state index in [1.54, 1.807) is 0 Å². The Kier molecular flexibility index (Phi) is 74.3. The molecule has 0 aromatic carbocycles. The standard InChI is InChI=1S/C83H144O5/c1-3-5-7-9-11-13-15-17-19-21-23-25-27-29-31-33-35-37-39-40-41-42-44-46-48-50-52-54-56-58-60-62-64-66-68-70-72-74-76-78-83(86)88-81(79-84)80-87-82(85)77-75-73-71-69-67-65-63-61-59-57-55-53-51-49-47-45-43-38-36-34-32-30-28-26-24-22-20-18-16-14-12-10-8-6-4-2/h5-8,11-14,17-20,23-26,29-32,81,84H,3-4,9-10,15-16,21-22,27-28,33-80H2,1-2H3/b7-5-,8-6-,13-11-,14-12-,19-17-,20-18-,25-23-,26-24-,31-29-,32-30-. The van der Waals surface area contributed by atoms with Gasteiger partial charge in [-0.3, -0.25) is 9.59 Å². The fourth-order valence-corrected chi connectivity index (χ4v) is 11.1. The molecule has 0 aliphatic carbocycles. The highest BCUT2D eigenvalue weighted by molar-refractivity contribution is 5.70. The molecule has 0 aliphatic heterocycles. The molecule has 0 saturated heterocycles. The highest BCUT2D eigenvalue weighted by Crippen LogP contribution is 2.19. The van der Waals surface area contributed by atoms with Crippen LogP contribution in [-0.2, 0) is 19.1 Å². The zero-order chi connectivity index (χ0) is 63.3. The molecule has 0 radical (unpaired) electrons. The Bertz CT molecular complexity index is 1720. The first kappa shape index (κ1) is 84.3. The number of rotatable bonds is 70. The van der Waals surface area contributed by atoms with Crippen molar-refractivity contribution in [3.63, 3.8) is 0 Å². The lowest BCUT2D eigenvalue weighted by Crippen LogP contribution is -2.28. The predicted molar refractivity (Wildman–Crippen MR) is 389 cm³/mol. The van der Waals surface area contributed by atoms with Crippen LogP contribution in [0.1, 0.15) is 373 Å². The van der Waals surface area contributed by atoms with Gasteiger partial charge in [-0.2, -0.15) is 0 Å². The Hall–Kier alpha value is -3.70. The summed E-state index contributed by atoms with van der Waals surface area (Å²) in [6.07, 6.45) is 114. The lowest BCUT2D eigenvalue weighted by Gasteiger charge is -2.15. The number of esters is 2. The number of unbranched alkanes of at least 4 members (excludes halogenated alkanes) is 42. The molecule has 0 aliphatic rings. The summed E-state index contributed by atoms with van der Waals surface area (Å²) in [5.41, 5.74) is 0. The van der Waals surface area contributed by atoms with Crippen LogP contribution in [0.3, 0.4) is 0 Å². The van der Waals surface area contributed by atoms with Gasteiger partial charge in [-0.25, -0.2) is 0 Å². The molecule has 0 saturated carbocycles. The number of hydrogen-bond donors (Lipinski definition) is 1. The second-order valence-electron chi connectivity index (χ2n) is 25.3. The molecule has 5 heteroatoms. The molecular formula is C83H144O5. The lowest BCUT2D eigenvalue weighted by molar-refractivity contribution is -0.161. The summed E-state index contributed by atoms with van der Waals surface area (Å²) in [7, 11) is 0. The van der Waals surface area contributed by atoms with E-state index in [1.165, 1.54) is 244 Å². The number of carbonyl (C=O) groups is 2. The van der Waals surface area contributed by atoms with E-state index in [0.717, 1.165) is 103 Å². The first-order valence-corrected chi connectivity index (χ1v) is 38.1. The molecule has 0 aromatic heterocycles. The molecule has 0 bridgehead atoms. The summed E-state index contributed by atoms with van der Waals surface area (Å²) in [6.45, 7) is 3.95. The molecule has 0 rings (SSSR count). The van der Waals surface area contributed by atoms with Crippen molar-refractivity contribution < 1.29 is 24.2 Å². The van der Waals surface area contributed by atoms with Gasteiger partial charge in [-0.15, -0.1) is 0 Å². The average molecular weight is 1220 g/mol. The van der Waals surface area contributed by atoms with Crippen LogP contribution in [0.2, 0.25) is 0 Å². The highest BCUT2D eigenvalue weighted by atomic mass is 16.6. The van der Waals surface area contributed by atoms with Crippen LogP contribution in [0.4, 0.5) is 0 Å². The van der Waals surface area contributed by atoms with Gasteiger partial charge in [0.2, 0.25) is 0 Å². The Morgan fingerprint density at radius 3 is 0.682 bits per heavy atom. The van der Waals surface area contributed by atoms with E-state index in [1.807, 2.05) is 0 Å². The van der Waals surface area contributed by atoms with Crippen LogP contribution in [0, 0.1) is 0 Å². The minimum absolute atomic E-state index is 0.0643. The molecule has 506 valence electrons. The summed E-state index contributed by atoms with van der Waals surface area (Å²) >= 11 is 0. The van der Waals surface area contributed by atoms with E-state index in [9.17, 15) is 14.7 Å². The van der Waals surface area contributed by atoms with E-state index >= 15 is 0 Å². The number of aliphatic hydroxyl groups is 1. The molecule has 1 atom stereocenters. The van der Waals surface area contributed by atoms with Gasteiger partial charge in [0, 0.05) is 12.8 Å². The van der Waals surface area contributed by atoms with E-state index < -0.39 is 6.10 Å². The van der Waals surface area contributed by atoms with Crippen molar-refractivity contribution in [2.75, 3.05) is 13.2 Å². The first-order valence-electron chi connectivity index (χ1n) is 38.1. The second kappa shape index (κ2) is 77.5. The van der Waals surface area contributed by atoms with Crippen LogP contribution in [-0.4, -0.2) is 36.4 Å². The fraction of sp³-hybridized carbons (Fsp3) is 0.735. The van der Waals surface area contributed by atoms with Crippen molar-refractivity contribution in [2.45, 2.75) is 380 Å². The zero-order valence-electron chi connectivity index (χ0n) is 58.2. The minimum atomic E-state index is -0.776. The summed E-state index contributed by atoms with van der Waals surface area (Å²) in [5.74, 6) is -0.573. The predicted octanol–water partition coefficient (Wildman–Crippen LogP) is 26.9. The Balaban J connectivity index is 3.41. The fourth-order valence-electron chi connectivity index (χ4n) is 11.1. The zero-order valence-corrected chi connectivity index (χ0v) is 58.2. The molecule has 88 heavy (non-hydrogen) atoms. The minimum Gasteiger partial charge on any atom is -0.462 e. The first-order chi connectivity index (χ1) is 43.6. The van der Waals surface area contributed by atoms with Crippen molar-refractivity contribution in [3.05, 3.63) is 122 Å². The van der Waals surface area contributed by atoms with Crippen molar-refractivity contribution in [3.8, 4) is 0 Å². The normalized spacial score (nSPS) is 12.9. The van der Waals surface area contributed by atoms with Gasteiger partial charge < -0.3 is 14.6 Å². The molecule has 0 amide bonds. The number of aliphatic hydroxyl groups excluding tert-OH is 1. The van der Waals surface area contributed by atoms with E-state index in [4.69, 9.17) is 9.47 Å².